The lowest BCUT2D eigenvalue weighted by molar-refractivity contribution is -0.144. The minimum Gasteiger partial charge on any atom is -0.465 e. The number of aryl methyl sites for hydroxylation is 1. The molecule has 1 aromatic heterocycles. The zero-order chi connectivity index (χ0) is 12.7. The molecule has 0 aliphatic carbocycles. The highest BCUT2D eigenvalue weighted by Gasteiger charge is 2.11. The molecular formula is C13H21NO2S. The van der Waals surface area contributed by atoms with Crippen molar-refractivity contribution < 1.29 is 9.53 Å². The van der Waals surface area contributed by atoms with Gasteiger partial charge in [-0.2, -0.15) is 0 Å². The molecule has 0 radical (unpaired) electrons. The number of ether oxygens (including phenoxy) is 1. The Bertz CT molecular complexity index is 349. The molecular weight excluding hydrogens is 234 g/mol. The van der Waals surface area contributed by atoms with Crippen LogP contribution in [0.15, 0.2) is 12.1 Å². The van der Waals surface area contributed by atoms with E-state index in [0.717, 1.165) is 19.5 Å². The number of esters is 1. The molecule has 0 spiro atoms. The van der Waals surface area contributed by atoms with Gasteiger partial charge in [-0.1, -0.05) is 13.8 Å². The smallest absolute Gasteiger partial charge is 0.320 e. The van der Waals surface area contributed by atoms with Gasteiger partial charge in [0.05, 0.1) is 13.2 Å². The van der Waals surface area contributed by atoms with Crippen LogP contribution in [-0.4, -0.2) is 30.6 Å². The van der Waals surface area contributed by atoms with Crippen LogP contribution in [0.2, 0.25) is 0 Å². The number of rotatable bonds is 7. The molecule has 0 saturated carbocycles. The first-order chi connectivity index (χ1) is 8.19. The van der Waals surface area contributed by atoms with E-state index in [0.29, 0.717) is 13.2 Å². The second-order valence-electron chi connectivity index (χ2n) is 3.83. The van der Waals surface area contributed by atoms with Crippen molar-refractivity contribution in [2.45, 2.75) is 33.7 Å². The number of hydrogen-bond donors (Lipinski definition) is 0. The number of carbonyl (C=O) groups is 1. The van der Waals surface area contributed by atoms with Gasteiger partial charge in [-0.3, -0.25) is 9.69 Å². The Balaban J connectivity index is 2.48. The van der Waals surface area contributed by atoms with Crippen molar-refractivity contribution in [2.75, 3.05) is 19.7 Å². The Morgan fingerprint density at radius 1 is 1.29 bits per heavy atom. The average Bonchev–Trinajstić information content (AvgIpc) is 2.76. The molecule has 3 nitrogen and oxygen atoms in total. The van der Waals surface area contributed by atoms with Gasteiger partial charge in [0.2, 0.25) is 0 Å². The molecule has 1 rings (SSSR count). The molecule has 0 atom stereocenters. The molecule has 0 N–H and O–H groups in total. The molecule has 0 amide bonds. The van der Waals surface area contributed by atoms with Gasteiger partial charge < -0.3 is 4.74 Å². The zero-order valence-corrected chi connectivity index (χ0v) is 11.7. The summed E-state index contributed by atoms with van der Waals surface area (Å²) in [4.78, 5) is 16.2. The molecule has 0 aliphatic rings. The fourth-order valence-electron chi connectivity index (χ4n) is 1.59. The maximum Gasteiger partial charge on any atom is 0.320 e. The lowest BCUT2D eigenvalue weighted by Crippen LogP contribution is -2.30. The van der Waals surface area contributed by atoms with Crippen molar-refractivity contribution in [3.63, 3.8) is 0 Å². The van der Waals surface area contributed by atoms with Crippen LogP contribution in [0.3, 0.4) is 0 Å². The molecule has 17 heavy (non-hydrogen) atoms. The molecule has 0 aromatic carbocycles. The minimum absolute atomic E-state index is 0.137. The van der Waals surface area contributed by atoms with Crippen LogP contribution in [-0.2, 0) is 22.5 Å². The number of thiophene rings is 1. The summed E-state index contributed by atoms with van der Waals surface area (Å²) in [5, 5.41) is 0. The van der Waals surface area contributed by atoms with E-state index >= 15 is 0 Å². The van der Waals surface area contributed by atoms with Gasteiger partial charge in [-0.15, -0.1) is 11.3 Å². The van der Waals surface area contributed by atoms with Crippen molar-refractivity contribution in [3.05, 3.63) is 21.9 Å². The topological polar surface area (TPSA) is 29.5 Å². The average molecular weight is 255 g/mol. The third-order valence-corrected chi connectivity index (χ3v) is 3.76. The SMILES string of the molecule is CCOC(=O)CN(CC)Cc1ccc(CC)s1. The maximum atomic E-state index is 11.4. The molecule has 0 aliphatic heterocycles. The van der Waals surface area contributed by atoms with Crippen LogP contribution in [0.5, 0.6) is 0 Å². The number of likely N-dealkylation sites (N-methyl/N-ethyl adjacent to an activating group) is 1. The number of nitrogens with zero attached hydrogens (tertiary/aromatic N) is 1. The van der Waals surface area contributed by atoms with Gasteiger partial charge in [0, 0.05) is 16.3 Å². The number of carbonyl (C=O) groups excluding carboxylic acids is 1. The van der Waals surface area contributed by atoms with Crippen LogP contribution in [0.1, 0.15) is 30.5 Å². The van der Waals surface area contributed by atoms with Crippen LogP contribution in [0, 0.1) is 0 Å². The van der Waals surface area contributed by atoms with Crippen molar-refractivity contribution in [3.8, 4) is 0 Å². The van der Waals surface area contributed by atoms with E-state index in [1.165, 1.54) is 9.75 Å². The second kappa shape index (κ2) is 7.45. The Labute approximate surface area is 107 Å². The first-order valence-corrected chi connectivity index (χ1v) is 6.96. The summed E-state index contributed by atoms with van der Waals surface area (Å²) in [5.41, 5.74) is 0. The summed E-state index contributed by atoms with van der Waals surface area (Å²) in [6, 6.07) is 4.31. The van der Waals surface area contributed by atoms with Crippen LogP contribution in [0.4, 0.5) is 0 Å². The third kappa shape index (κ3) is 4.88. The summed E-state index contributed by atoms with van der Waals surface area (Å²) in [6.45, 7) is 8.58. The van der Waals surface area contributed by atoms with Crippen LogP contribution < -0.4 is 0 Å². The molecule has 1 aromatic rings. The Hall–Kier alpha value is -0.870. The molecule has 0 bridgehead atoms. The van der Waals surface area contributed by atoms with E-state index in [1.54, 1.807) is 0 Å². The van der Waals surface area contributed by atoms with Gasteiger partial charge in [-0.05, 0) is 32.0 Å². The van der Waals surface area contributed by atoms with E-state index in [1.807, 2.05) is 18.3 Å². The molecule has 1 heterocycles. The van der Waals surface area contributed by atoms with Gasteiger partial charge in [0.1, 0.15) is 0 Å². The molecule has 0 fully saturated rings. The van der Waals surface area contributed by atoms with E-state index < -0.39 is 0 Å². The second-order valence-corrected chi connectivity index (χ2v) is 5.08. The van der Waals surface area contributed by atoms with E-state index in [9.17, 15) is 4.79 Å². The Morgan fingerprint density at radius 2 is 2.00 bits per heavy atom. The van der Waals surface area contributed by atoms with Gasteiger partial charge in [0.25, 0.3) is 0 Å². The standard InChI is InChI=1S/C13H21NO2S/c1-4-11-7-8-12(17-11)9-14(5-2)10-13(15)16-6-3/h7-8H,4-6,9-10H2,1-3H3. The Kier molecular flexibility index (Phi) is 6.22. The summed E-state index contributed by atoms with van der Waals surface area (Å²) in [6.07, 6.45) is 1.08. The van der Waals surface area contributed by atoms with Crippen molar-refractivity contribution >= 4 is 17.3 Å². The summed E-state index contributed by atoms with van der Waals surface area (Å²) in [5.74, 6) is -0.137. The molecule has 4 heteroatoms. The number of hydrogen-bond acceptors (Lipinski definition) is 4. The van der Waals surface area contributed by atoms with Gasteiger partial charge >= 0.3 is 5.97 Å². The molecule has 0 unspecified atom stereocenters. The Morgan fingerprint density at radius 3 is 2.53 bits per heavy atom. The quantitative estimate of drug-likeness (QED) is 0.702. The highest BCUT2D eigenvalue weighted by Crippen LogP contribution is 2.18. The van der Waals surface area contributed by atoms with E-state index in [2.05, 4.69) is 30.9 Å². The van der Waals surface area contributed by atoms with Crippen molar-refractivity contribution in [1.82, 2.24) is 4.90 Å². The first-order valence-electron chi connectivity index (χ1n) is 6.15. The fourth-order valence-corrected chi connectivity index (χ4v) is 2.59. The lowest BCUT2D eigenvalue weighted by atomic mass is 10.3. The minimum atomic E-state index is -0.137. The summed E-state index contributed by atoms with van der Waals surface area (Å²) in [7, 11) is 0. The molecule has 0 saturated heterocycles. The first kappa shape index (κ1) is 14.2. The highest BCUT2D eigenvalue weighted by molar-refractivity contribution is 7.11. The highest BCUT2D eigenvalue weighted by atomic mass is 32.1. The van der Waals surface area contributed by atoms with Crippen molar-refractivity contribution in [1.29, 1.82) is 0 Å². The van der Waals surface area contributed by atoms with Crippen LogP contribution in [0.25, 0.3) is 0 Å². The molecule has 96 valence electrons. The zero-order valence-electron chi connectivity index (χ0n) is 10.9. The van der Waals surface area contributed by atoms with Gasteiger partial charge in [-0.25, -0.2) is 0 Å². The third-order valence-electron chi connectivity index (χ3n) is 2.55. The lowest BCUT2D eigenvalue weighted by Gasteiger charge is -2.18. The normalized spacial score (nSPS) is 10.8. The van der Waals surface area contributed by atoms with E-state index in [4.69, 9.17) is 4.74 Å². The summed E-state index contributed by atoms with van der Waals surface area (Å²) >= 11 is 1.82. The largest absolute Gasteiger partial charge is 0.465 e. The van der Waals surface area contributed by atoms with Gasteiger partial charge in [0.15, 0.2) is 0 Å². The predicted molar refractivity (Wildman–Crippen MR) is 71.3 cm³/mol. The fraction of sp³-hybridized carbons (Fsp3) is 0.615. The summed E-state index contributed by atoms with van der Waals surface area (Å²) < 4.78 is 4.96. The monoisotopic (exact) mass is 255 g/mol. The van der Waals surface area contributed by atoms with Crippen molar-refractivity contribution in [2.24, 2.45) is 0 Å². The maximum absolute atomic E-state index is 11.4. The predicted octanol–water partition coefficient (Wildman–Crippen LogP) is 2.70. The van der Waals surface area contributed by atoms with E-state index in [-0.39, 0.29) is 5.97 Å². The van der Waals surface area contributed by atoms with Crippen LogP contribution >= 0.6 is 11.3 Å².